The summed E-state index contributed by atoms with van der Waals surface area (Å²) >= 11 is 2.98. The number of hydrogen-bond donors (Lipinski definition) is 1. The van der Waals surface area contributed by atoms with Gasteiger partial charge in [-0.3, -0.25) is 4.79 Å². The molecule has 0 fully saturated rings. The van der Waals surface area contributed by atoms with Crippen LogP contribution in [0.15, 0.2) is 76.8 Å². The molecule has 0 aliphatic carbocycles. The molecule has 2 aromatic carbocycles. The number of nitrogens with one attached hydrogen (secondary N) is 1. The third kappa shape index (κ3) is 4.16. The average Bonchev–Trinajstić information content (AvgIpc) is 3.42. The molecule has 2 aromatic heterocycles. The topological polar surface area (TPSA) is 68.3 Å². The van der Waals surface area contributed by atoms with Crippen LogP contribution in [0.1, 0.15) is 20.8 Å². The first kappa shape index (κ1) is 18.1. The number of carbonyl (C=O) groups is 2. The van der Waals surface area contributed by atoms with Gasteiger partial charge < -0.3 is 10.1 Å². The Bertz CT molecular complexity index is 1090. The fourth-order valence-electron chi connectivity index (χ4n) is 2.44. The van der Waals surface area contributed by atoms with Crippen LogP contribution in [0.2, 0.25) is 0 Å². The van der Waals surface area contributed by atoms with Crippen molar-refractivity contribution in [1.82, 2.24) is 4.98 Å². The third-order valence-corrected chi connectivity index (χ3v) is 5.41. The van der Waals surface area contributed by atoms with Crippen molar-refractivity contribution in [3.8, 4) is 16.3 Å². The lowest BCUT2D eigenvalue weighted by atomic mass is 10.2. The van der Waals surface area contributed by atoms with Crippen LogP contribution < -0.4 is 10.1 Å². The van der Waals surface area contributed by atoms with Crippen molar-refractivity contribution in [1.29, 1.82) is 0 Å². The van der Waals surface area contributed by atoms with Crippen molar-refractivity contribution in [3.05, 3.63) is 88.1 Å². The molecule has 0 saturated carbocycles. The molecular weight excluding hydrogens is 392 g/mol. The van der Waals surface area contributed by atoms with Gasteiger partial charge in [-0.2, -0.15) is 11.3 Å². The molecule has 4 aromatic rings. The summed E-state index contributed by atoms with van der Waals surface area (Å²) in [5.41, 5.74) is 2.45. The Hall–Kier alpha value is -3.29. The maximum atomic E-state index is 12.3. The van der Waals surface area contributed by atoms with E-state index in [2.05, 4.69) is 10.3 Å². The van der Waals surface area contributed by atoms with Crippen molar-refractivity contribution < 1.29 is 14.3 Å². The zero-order valence-corrected chi connectivity index (χ0v) is 16.1. The van der Waals surface area contributed by atoms with Gasteiger partial charge in [0.25, 0.3) is 5.91 Å². The van der Waals surface area contributed by atoms with Gasteiger partial charge in [-0.1, -0.05) is 18.2 Å². The Balaban J connectivity index is 1.39. The van der Waals surface area contributed by atoms with E-state index in [0.717, 1.165) is 10.6 Å². The van der Waals surface area contributed by atoms with E-state index in [1.165, 1.54) is 11.3 Å². The zero-order valence-electron chi connectivity index (χ0n) is 14.5. The van der Waals surface area contributed by atoms with E-state index in [9.17, 15) is 9.59 Å². The third-order valence-electron chi connectivity index (χ3n) is 3.84. The van der Waals surface area contributed by atoms with Gasteiger partial charge in [0.1, 0.15) is 10.8 Å². The van der Waals surface area contributed by atoms with Crippen LogP contribution in [0.3, 0.4) is 0 Å². The normalized spacial score (nSPS) is 10.4. The lowest BCUT2D eigenvalue weighted by Gasteiger charge is -2.07. The number of aromatic nitrogens is 1. The molecule has 0 bridgehead atoms. The van der Waals surface area contributed by atoms with Crippen LogP contribution in [0.25, 0.3) is 10.6 Å². The molecule has 0 radical (unpaired) electrons. The molecule has 0 spiro atoms. The molecule has 1 amide bonds. The molecule has 7 heteroatoms. The lowest BCUT2D eigenvalue weighted by molar-refractivity contribution is 0.0729. The van der Waals surface area contributed by atoms with Crippen LogP contribution in [0, 0.1) is 0 Å². The highest BCUT2D eigenvalue weighted by Crippen LogP contribution is 2.26. The van der Waals surface area contributed by atoms with E-state index >= 15 is 0 Å². The summed E-state index contributed by atoms with van der Waals surface area (Å²) in [6, 6.07) is 17.5. The first-order valence-electron chi connectivity index (χ1n) is 8.36. The summed E-state index contributed by atoms with van der Waals surface area (Å²) in [6.07, 6.45) is 0. The Kier molecular flexibility index (Phi) is 5.27. The minimum Gasteiger partial charge on any atom is -0.422 e. The molecule has 0 unspecified atom stereocenters. The number of nitrogens with zero attached hydrogens (tertiary/aromatic N) is 1. The molecule has 5 nitrogen and oxygen atoms in total. The molecule has 28 heavy (non-hydrogen) atoms. The second-order valence-corrected chi connectivity index (χ2v) is 7.42. The van der Waals surface area contributed by atoms with Gasteiger partial charge in [-0.05, 0) is 47.8 Å². The smallest absolute Gasteiger partial charge is 0.363 e. The number of benzene rings is 2. The fourth-order valence-corrected chi connectivity index (χ4v) is 3.95. The highest BCUT2D eigenvalue weighted by molar-refractivity contribution is 7.14. The number of hydrogen-bond acceptors (Lipinski definition) is 6. The Labute approximate surface area is 169 Å². The van der Waals surface area contributed by atoms with Gasteiger partial charge in [0.15, 0.2) is 5.69 Å². The van der Waals surface area contributed by atoms with Crippen molar-refractivity contribution in [3.63, 3.8) is 0 Å². The zero-order chi connectivity index (χ0) is 19.3. The monoisotopic (exact) mass is 406 g/mol. The van der Waals surface area contributed by atoms with Crippen LogP contribution in [-0.2, 0) is 0 Å². The second-order valence-electron chi connectivity index (χ2n) is 5.78. The van der Waals surface area contributed by atoms with E-state index in [-0.39, 0.29) is 11.6 Å². The summed E-state index contributed by atoms with van der Waals surface area (Å²) < 4.78 is 5.37. The van der Waals surface area contributed by atoms with E-state index in [1.54, 1.807) is 65.2 Å². The van der Waals surface area contributed by atoms with Gasteiger partial charge in [0, 0.05) is 27.6 Å². The van der Waals surface area contributed by atoms with Gasteiger partial charge in [-0.15, -0.1) is 11.3 Å². The summed E-state index contributed by atoms with van der Waals surface area (Å²) in [4.78, 5) is 28.8. The molecule has 0 saturated heterocycles. The number of anilines is 1. The number of ether oxygens (including phenoxy) is 1. The Morgan fingerprint density at radius 3 is 2.43 bits per heavy atom. The van der Waals surface area contributed by atoms with Crippen LogP contribution in [0.5, 0.6) is 5.75 Å². The quantitative estimate of drug-likeness (QED) is 0.359. The molecule has 4 rings (SSSR count). The highest BCUT2D eigenvalue weighted by Gasteiger charge is 2.14. The van der Waals surface area contributed by atoms with Gasteiger partial charge >= 0.3 is 5.97 Å². The van der Waals surface area contributed by atoms with Gasteiger partial charge in [0.05, 0.1) is 0 Å². The standard InChI is InChI=1S/C21H14N2O3S2/c24-19(14-4-2-1-3-5-14)22-16-6-8-17(9-7-16)26-21(25)18-13-28-20(23-18)15-10-11-27-12-15/h1-13H,(H,22,24). The molecular formula is C21H14N2O3S2. The predicted octanol–water partition coefficient (Wildman–Crippen LogP) is 5.34. The molecule has 0 aliphatic rings. The van der Waals surface area contributed by atoms with Crippen molar-refractivity contribution >= 4 is 40.2 Å². The number of amides is 1. The lowest BCUT2D eigenvalue weighted by Crippen LogP contribution is -2.12. The highest BCUT2D eigenvalue weighted by atomic mass is 32.1. The first-order valence-corrected chi connectivity index (χ1v) is 10.2. The first-order chi connectivity index (χ1) is 13.7. The Morgan fingerprint density at radius 1 is 0.929 bits per heavy atom. The number of carbonyl (C=O) groups excluding carboxylic acids is 2. The minimum atomic E-state index is -0.515. The molecule has 2 heterocycles. The fraction of sp³-hybridized carbons (Fsp3) is 0. The molecule has 0 atom stereocenters. The van der Waals surface area contributed by atoms with Crippen molar-refractivity contribution in [2.45, 2.75) is 0 Å². The maximum absolute atomic E-state index is 12.3. The summed E-state index contributed by atoms with van der Waals surface area (Å²) in [7, 11) is 0. The van der Waals surface area contributed by atoms with Crippen molar-refractivity contribution in [2.75, 3.05) is 5.32 Å². The van der Waals surface area contributed by atoms with Crippen LogP contribution >= 0.6 is 22.7 Å². The van der Waals surface area contributed by atoms with E-state index < -0.39 is 5.97 Å². The van der Waals surface area contributed by atoms with Crippen LogP contribution in [0.4, 0.5) is 5.69 Å². The summed E-state index contributed by atoms with van der Waals surface area (Å²) in [5.74, 6) is -0.333. The van der Waals surface area contributed by atoms with Crippen LogP contribution in [-0.4, -0.2) is 16.9 Å². The maximum Gasteiger partial charge on any atom is 0.363 e. The largest absolute Gasteiger partial charge is 0.422 e. The van der Waals surface area contributed by atoms with Crippen molar-refractivity contribution in [2.24, 2.45) is 0 Å². The van der Waals surface area contributed by atoms with E-state index in [4.69, 9.17) is 4.74 Å². The molecule has 1 N–H and O–H groups in total. The SMILES string of the molecule is O=C(Nc1ccc(OC(=O)c2csc(-c3ccsc3)n2)cc1)c1ccccc1. The van der Waals surface area contributed by atoms with E-state index in [1.807, 2.05) is 22.9 Å². The Morgan fingerprint density at radius 2 is 1.71 bits per heavy atom. The van der Waals surface area contributed by atoms with Gasteiger partial charge in [-0.25, -0.2) is 9.78 Å². The molecule has 138 valence electrons. The molecule has 0 aliphatic heterocycles. The second kappa shape index (κ2) is 8.16. The van der Waals surface area contributed by atoms with E-state index in [0.29, 0.717) is 17.0 Å². The average molecular weight is 406 g/mol. The number of esters is 1. The number of rotatable bonds is 5. The summed E-state index contributed by atoms with van der Waals surface area (Å²) in [6.45, 7) is 0. The minimum absolute atomic E-state index is 0.200. The predicted molar refractivity (Wildman–Crippen MR) is 111 cm³/mol. The number of thiazole rings is 1. The summed E-state index contributed by atoms with van der Waals surface area (Å²) in [5, 5.41) is 9.22. The van der Waals surface area contributed by atoms with Gasteiger partial charge in [0.2, 0.25) is 0 Å². The number of thiophene rings is 1.